The number of carboxylic acids is 1. The number of methoxy groups -OCH3 is 1. The van der Waals surface area contributed by atoms with Crippen LogP contribution in [0.2, 0.25) is 0 Å². The maximum atomic E-state index is 12.7. The molecule has 1 unspecified atom stereocenters. The molecule has 1 heterocycles. The Labute approximate surface area is 201 Å². The third-order valence-electron chi connectivity index (χ3n) is 5.80. The third kappa shape index (κ3) is 6.55. The monoisotopic (exact) mass is 490 g/mol. The number of benzene rings is 2. The average molecular weight is 491 g/mol. The van der Waals surface area contributed by atoms with Crippen molar-refractivity contribution in [1.82, 2.24) is 9.88 Å². The molecule has 0 aliphatic rings. The minimum atomic E-state index is -4.27. The van der Waals surface area contributed by atoms with Gasteiger partial charge in [0, 0.05) is 48.6 Å². The van der Waals surface area contributed by atoms with Crippen LogP contribution in [0.4, 0.5) is 13.2 Å². The molecule has 188 valence electrons. The summed E-state index contributed by atoms with van der Waals surface area (Å²) in [5.74, 6) is -1.76. The molecular formula is C26H29F3N2O4. The van der Waals surface area contributed by atoms with Crippen LogP contribution in [0.5, 0.6) is 5.75 Å². The van der Waals surface area contributed by atoms with E-state index in [1.807, 2.05) is 12.3 Å². The van der Waals surface area contributed by atoms with Gasteiger partial charge in [-0.1, -0.05) is 19.9 Å². The van der Waals surface area contributed by atoms with E-state index in [1.54, 1.807) is 18.2 Å². The zero-order valence-electron chi connectivity index (χ0n) is 19.9. The molecule has 9 heteroatoms. The fourth-order valence-electron chi connectivity index (χ4n) is 4.14. The molecule has 1 atom stereocenters. The number of carboxylic acid groups (broad SMARTS) is 1. The maximum absolute atomic E-state index is 12.7. The Morgan fingerprint density at radius 2 is 1.83 bits per heavy atom. The normalized spacial score (nSPS) is 12.5. The van der Waals surface area contributed by atoms with Crippen LogP contribution in [0.15, 0.2) is 42.6 Å². The number of nitrogens with zero attached hydrogens (tertiary/aromatic N) is 1. The number of halogens is 3. The number of aryl methyl sites for hydroxylation is 1. The van der Waals surface area contributed by atoms with Gasteiger partial charge in [-0.05, 0) is 53.8 Å². The molecule has 0 saturated carbocycles. The standard InChI is InChI=1S/C26H29F3N2O4/c1-4-9-31-15-20(10-17-5-6-19(25(33)34)12-23(17)35-3)21-11-18(7-8-22(21)31)24(32)30-14-16(2)13-26(27,28)29/h5-8,11-12,15-16H,4,9-10,13-14H2,1-3H3,(H,30,32)(H,33,34). The van der Waals surface area contributed by atoms with Gasteiger partial charge in [-0.3, -0.25) is 4.79 Å². The molecule has 35 heavy (non-hydrogen) atoms. The molecular weight excluding hydrogens is 461 g/mol. The minimum absolute atomic E-state index is 0.0762. The van der Waals surface area contributed by atoms with E-state index in [9.17, 15) is 27.9 Å². The van der Waals surface area contributed by atoms with E-state index >= 15 is 0 Å². The number of fused-ring (bicyclic) bond motifs is 1. The van der Waals surface area contributed by atoms with Gasteiger partial charge in [0.05, 0.1) is 12.7 Å². The molecule has 0 bridgehead atoms. The number of hydrogen-bond acceptors (Lipinski definition) is 3. The molecule has 0 spiro atoms. The molecule has 3 aromatic rings. The van der Waals surface area contributed by atoms with Gasteiger partial charge < -0.3 is 19.7 Å². The summed E-state index contributed by atoms with van der Waals surface area (Å²) < 4.78 is 45.2. The van der Waals surface area contributed by atoms with Crippen molar-refractivity contribution in [3.8, 4) is 5.75 Å². The maximum Gasteiger partial charge on any atom is 0.389 e. The van der Waals surface area contributed by atoms with Crippen LogP contribution in [-0.2, 0) is 13.0 Å². The lowest BCUT2D eigenvalue weighted by atomic mass is 10.0. The Hall–Kier alpha value is -3.49. The highest BCUT2D eigenvalue weighted by Gasteiger charge is 2.30. The molecule has 1 amide bonds. The zero-order valence-corrected chi connectivity index (χ0v) is 19.9. The minimum Gasteiger partial charge on any atom is -0.496 e. The predicted molar refractivity (Wildman–Crippen MR) is 127 cm³/mol. The Morgan fingerprint density at radius 3 is 2.46 bits per heavy atom. The van der Waals surface area contributed by atoms with Gasteiger partial charge in [-0.25, -0.2) is 4.79 Å². The molecule has 0 saturated heterocycles. The van der Waals surface area contributed by atoms with E-state index in [-0.39, 0.29) is 12.1 Å². The van der Waals surface area contributed by atoms with E-state index < -0.39 is 30.4 Å². The van der Waals surface area contributed by atoms with Gasteiger partial charge in [-0.2, -0.15) is 13.2 Å². The summed E-state index contributed by atoms with van der Waals surface area (Å²) in [7, 11) is 1.48. The van der Waals surface area contributed by atoms with Crippen LogP contribution >= 0.6 is 0 Å². The SMILES string of the molecule is CCCn1cc(Cc2ccc(C(=O)O)cc2OC)c2cc(C(=O)NCC(C)CC(F)(F)F)ccc21. The second-order valence-electron chi connectivity index (χ2n) is 8.72. The summed E-state index contributed by atoms with van der Waals surface area (Å²) in [6.45, 7) is 4.20. The van der Waals surface area contributed by atoms with E-state index in [0.29, 0.717) is 17.7 Å². The number of amides is 1. The number of aromatic nitrogens is 1. The first kappa shape index (κ1) is 26.1. The molecule has 2 N–H and O–H groups in total. The summed E-state index contributed by atoms with van der Waals surface area (Å²) in [4.78, 5) is 24.0. The van der Waals surface area contributed by atoms with Crippen molar-refractivity contribution in [1.29, 1.82) is 0 Å². The Bertz CT molecular complexity index is 1220. The van der Waals surface area contributed by atoms with E-state index in [2.05, 4.69) is 16.8 Å². The highest BCUT2D eigenvalue weighted by Crippen LogP contribution is 2.30. The summed E-state index contributed by atoms with van der Waals surface area (Å²) in [5, 5.41) is 12.7. The van der Waals surface area contributed by atoms with Gasteiger partial charge in [0.15, 0.2) is 0 Å². The number of rotatable bonds is 10. The molecule has 0 fully saturated rings. The van der Waals surface area contributed by atoms with Crippen molar-refractivity contribution < 1.29 is 32.6 Å². The fraction of sp³-hybridized carbons (Fsp3) is 0.385. The van der Waals surface area contributed by atoms with E-state index in [0.717, 1.165) is 35.0 Å². The van der Waals surface area contributed by atoms with Crippen molar-refractivity contribution in [3.05, 3.63) is 64.8 Å². The molecule has 6 nitrogen and oxygen atoms in total. The van der Waals surface area contributed by atoms with Gasteiger partial charge in [0.1, 0.15) is 5.75 Å². The number of hydrogen-bond donors (Lipinski definition) is 2. The lowest BCUT2D eigenvalue weighted by molar-refractivity contribution is -0.142. The predicted octanol–water partition coefficient (Wildman–Crippen LogP) is 5.67. The molecule has 0 aliphatic carbocycles. The molecule has 0 radical (unpaired) electrons. The zero-order chi connectivity index (χ0) is 25.8. The number of nitrogens with one attached hydrogen (secondary N) is 1. The lowest BCUT2D eigenvalue weighted by Gasteiger charge is -2.15. The first-order chi connectivity index (χ1) is 16.5. The fourth-order valence-corrected chi connectivity index (χ4v) is 4.14. The number of ether oxygens (including phenoxy) is 1. The lowest BCUT2D eigenvalue weighted by Crippen LogP contribution is -2.30. The highest BCUT2D eigenvalue weighted by atomic mass is 19.4. The van der Waals surface area contributed by atoms with Crippen molar-refractivity contribution in [2.24, 2.45) is 5.92 Å². The number of carbonyl (C=O) groups is 2. The average Bonchev–Trinajstić information content (AvgIpc) is 3.13. The van der Waals surface area contributed by atoms with E-state index in [4.69, 9.17) is 4.74 Å². The quantitative estimate of drug-likeness (QED) is 0.384. The second-order valence-corrected chi connectivity index (χ2v) is 8.72. The molecule has 0 aliphatic heterocycles. The van der Waals surface area contributed by atoms with Crippen LogP contribution in [0.25, 0.3) is 10.9 Å². The van der Waals surface area contributed by atoms with Gasteiger partial charge >= 0.3 is 12.1 Å². The molecule has 3 rings (SSSR count). The van der Waals surface area contributed by atoms with Crippen LogP contribution < -0.4 is 10.1 Å². The van der Waals surface area contributed by atoms with Crippen LogP contribution in [0.1, 0.15) is 58.5 Å². The summed E-state index contributed by atoms with van der Waals surface area (Å²) in [5.41, 5.74) is 3.14. The van der Waals surface area contributed by atoms with Gasteiger partial charge in [0.25, 0.3) is 5.91 Å². The number of aromatic carboxylic acids is 1. The summed E-state index contributed by atoms with van der Waals surface area (Å²) in [6, 6.07) is 9.97. The first-order valence-corrected chi connectivity index (χ1v) is 11.4. The largest absolute Gasteiger partial charge is 0.496 e. The van der Waals surface area contributed by atoms with Crippen molar-refractivity contribution >= 4 is 22.8 Å². The third-order valence-corrected chi connectivity index (χ3v) is 5.80. The van der Waals surface area contributed by atoms with E-state index in [1.165, 1.54) is 26.2 Å². The van der Waals surface area contributed by atoms with Crippen molar-refractivity contribution in [2.45, 2.75) is 45.8 Å². The topological polar surface area (TPSA) is 80.6 Å². The smallest absolute Gasteiger partial charge is 0.389 e. The summed E-state index contributed by atoms with van der Waals surface area (Å²) in [6.07, 6.45) is -1.88. The molecule has 2 aromatic carbocycles. The van der Waals surface area contributed by atoms with Crippen molar-refractivity contribution in [3.63, 3.8) is 0 Å². The number of alkyl halides is 3. The van der Waals surface area contributed by atoms with Gasteiger partial charge in [-0.15, -0.1) is 0 Å². The Balaban J connectivity index is 1.90. The van der Waals surface area contributed by atoms with Crippen LogP contribution in [0.3, 0.4) is 0 Å². The Morgan fingerprint density at radius 1 is 1.11 bits per heavy atom. The van der Waals surface area contributed by atoms with Gasteiger partial charge in [0.2, 0.25) is 0 Å². The number of carbonyl (C=O) groups excluding carboxylic acids is 1. The summed E-state index contributed by atoms with van der Waals surface area (Å²) >= 11 is 0. The van der Waals surface area contributed by atoms with Crippen LogP contribution in [-0.4, -0.2) is 41.4 Å². The van der Waals surface area contributed by atoms with Crippen LogP contribution in [0, 0.1) is 5.92 Å². The highest BCUT2D eigenvalue weighted by molar-refractivity contribution is 5.99. The van der Waals surface area contributed by atoms with Crippen molar-refractivity contribution in [2.75, 3.05) is 13.7 Å². The molecule has 1 aromatic heterocycles. The Kier molecular flexibility index (Phi) is 8.09. The second kappa shape index (κ2) is 10.8. The first-order valence-electron chi connectivity index (χ1n) is 11.4.